The van der Waals surface area contributed by atoms with Crippen molar-refractivity contribution in [3.8, 4) is 0 Å². The summed E-state index contributed by atoms with van der Waals surface area (Å²) >= 11 is 0. The monoisotopic (exact) mass is 156 g/mol. The second-order valence-corrected chi connectivity index (χ2v) is 7.30. The maximum atomic E-state index is 5.79. The lowest BCUT2D eigenvalue weighted by Crippen LogP contribution is -2.47. The Morgan fingerprint density at radius 3 is 2.40 bits per heavy atom. The SMILES string of the molecule is BC1([SiH](C)C)CCCCO1. The Morgan fingerprint density at radius 2 is 2.10 bits per heavy atom. The Hall–Kier alpha value is 0.242. The average Bonchev–Trinajstić information content (AvgIpc) is 1.89. The molecule has 1 fully saturated rings. The lowest BCUT2D eigenvalue weighted by Gasteiger charge is -2.37. The van der Waals surface area contributed by atoms with E-state index in [0.29, 0.717) is 5.12 Å². The zero-order valence-electron chi connectivity index (χ0n) is 7.31. The summed E-state index contributed by atoms with van der Waals surface area (Å²) in [5.41, 5.74) is 0. The van der Waals surface area contributed by atoms with E-state index in [-0.39, 0.29) is 0 Å². The standard InChI is InChI=1S/C7H17BOSi/c1-10(2)7(8)5-3-4-6-9-7/h10H,3-6,8H2,1-2H3. The van der Waals surface area contributed by atoms with Crippen LogP contribution < -0.4 is 0 Å². The van der Waals surface area contributed by atoms with E-state index in [2.05, 4.69) is 20.9 Å². The molecule has 10 heavy (non-hydrogen) atoms. The number of hydrogen-bond acceptors (Lipinski definition) is 1. The average molecular weight is 156 g/mol. The van der Waals surface area contributed by atoms with Gasteiger partial charge in [-0.25, -0.2) is 0 Å². The summed E-state index contributed by atoms with van der Waals surface area (Å²) < 4.78 is 5.79. The first-order chi connectivity index (χ1) is 4.65. The minimum absolute atomic E-state index is 0.318. The fourth-order valence-corrected chi connectivity index (χ4v) is 2.64. The van der Waals surface area contributed by atoms with Crippen LogP contribution in [-0.4, -0.2) is 28.4 Å². The first-order valence-electron chi connectivity index (χ1n) is 4.29. The van der Waals surface area contributed by atoms with Gasteiger partial charge in [-0.1, -0.05) is 13.1 Å². The highest BCUT2D eigenvalue weighted by Crippen LogP contribution is 2.23. The molecule has 0 radical (unpaired) electrons. The largest absolute Gasteiger partial charge is 0.388 e. The molecule has 1 aliphatic heterocycles. The first-order valence-corrected chi connectivity index (χ1v) is 7.18. The van der Waals surface area contributed by atoms with Crippen molar-refractivity contribution in [3.63, 3.8) is 0 Å². The molecule has 0 aromatic rings. The van der Waals surface area contributed by atoms with Crippen LogP contribution >= 0.6 is 0 Å². The minimum atomic E-state index is -0.589. The third-order valence-corrected chi connectivity index (χ3v) is 5.62. The van der Waals surface area contributed by atoms with E-state index in [0.717, 1.165) is 6.61 Å². The van der Waals surface area contributed by atoms with E-state index in [1.54, 1.807) is 0 Å². The van der Waals surface area contributed by atoms with E-state index in [1.165, 1.54) is 19.3 Å². The summed E-state index contributed by atoms with van der Waals surface area (Å²) in [5, 5.41) is 0.318. The van der Waals surface area contributed by atoms with Gasteiger partial charge in [0.05, 0.1) is 8.80 Å². The van der Waals surface area contributed by atoms with Crippen LogP contribution in [0.3, 0.4) is 0 Å². The Morgan fingerprint density at radius 1 is 1.40 bits per heavy atom. The van der Waals surface area contributed by atoms with Gasteiger partial charge in [0, 0.05) is 11.7 Å². The number of ether oxygens (including phenoxy) is 1. The predicted molar refractivity (Wildman–Crippen MR) is 50.0 cm³/mol. The Bertz CT molecular complexity index is 110. The Balaban J connectivity index is 2.48. The van der Waals surface area contributed by atoms with E-state index in [1.807, 2.05) is 0 Å². The summed E-state index contributed by atoms with van der Waals surface area (Å²) in [6, 6.07) is 0. The van der Waals surface area contributed by atoms with Crippen molar-refractivity contribution in [2.75, 3.05) is 6.61 Å². The lowest BCUT2D eigenvalue weighted by atomic mass is 9.91. The van der Waals surface area contributed by atoms with Gasteiger partial charge in [0.15, 0.2) is 0 Å². The maximum absolute atomic E-state index is 5.79. The second kappa shape index (κ2) is 3.10. The minimum Gasteiger partial charge on any atom is -0.388 e. The highest BCUT2D eigenvalue weighted by atomic mass is 28.3. The molecule has 58 valence electrons. The van der Waals surface area contributed by atoms with Gasteiger partial charge in [-0.3, -0.25) is 0 Å². The van der Waals surface area contributed by atoms with Crippen LogP contribution in [0.2, 0.25) is 13.1 Å². The van der Waals surface area contributed by atoms with E-state index in [9.17, 15) is 0 Å². The highest BCUT2D eigenvalue weighted by molar-refractivity contribution is 6.67. The van der Waals surface area contributed by atoms with E-state index < -0.39 is 8.80 Å². The summed E-state index contributed by atoms with van der Waals surface area (Å²) in [6.45, 7) is 5.76. The molecule has 1 unspecified atom stereocenters. The summed E-state index contributed by atoms with van der Waals surface area (Å²) in [6.07, 6.45) is 3.95. The summed E-state index contributed by atoms with van der Waals surface area (Å²) in [7, 11) is 1.71. The molecule has 1 heterocycles. The van der Waals surface area contributed by atoms with Crippen LogP contribution in [-0.2, 0) is 4.74 Å². The fourth-order valence-electron chi connectivity index (χ4n) is 1.41. The molecule has 0 N–H and O–H groups in total. The predicted octanol–water partition coefficient (Wildman–Crippen LogP) is 0.542. The topological polar surface area (TPSA) is 9.23 Å². The molecule has 1 aliphatic rings. The van der Waals surface area contributed by atoms with Crippen LogP contribution in [0, 0.1) is 0 Å². The van der Waals surface area contributed by atoms with Crippen LogP contribution in [0.1, 0.15) is 19.3 Å². The van der Waals surface area contributed by atoms with Crippen molar-refractivity contribution >= 4 is 16.6 Å². The van der Waals surface area contributed by atoms with Crippen molar-refractivity contribution in [3.05, 3.63) is 0 Å². The van der Waals surface area contributed by atoms with Crippen molar-refractivity contribution < 1.29 is 4.74 Å². The maximum Gasteiger partial charge on any atom is 0.138 e. The molecule has 0 saturated carbocycles. The van der Waals surface area contributed by atoms with Gasteiger partial charge >= 0.3 is 0 Å². The summed E-state index contributed by atoms with van der Waals surface area (Å²) in [5.74, 6) is 0. The molecular weight excluding hydrogens is 139 g/mol. The molecule has 1 nitrogen and oxygen atoms in total. The molecule has 0 amide bonds. The molecule has 0 aliphatic carbocycles. The second-order valence-electron chi connectivity index (χ2n) is 3.77. The Labute approximate surface area is 66.2 Å². The van der Waals surface area contributed by atoms with Crippen molar-refractivity contribution in [2.24, 2.45) is 0 Å². The molecule has 3 heteroatoms. The van der Waals surface area contributed by atoms with Crippen LogP contribution in [0.15, 0.2) is 0 Å². The van der Waals surface area contributed by atoms with Gasteiger partial charge in [-0.15, -0.1) is 0 Å². The zero-order chi connectivity index (χ0) is 7.61. The third-order valence-electron chi connectivity index (χ3n) is 2.72. The quantitative estimate of drug-likeness (QED) is 0.503. The van der Waals surface area contributed by atoms with Gasteiger partial charge in [-0.05, 0) is 19.3 Å². The first kappa shape index (κ1) is 8.34. The van der Waals surface area contributed by atoms with E-state index >= 15 is 0 Å². The van der Waals surface area contributed by atoms with Gasteiger partial charge in [-0.2, -0.15) is 0 Å². The van der Waals surface area contributed by atoms with Crippen molar-refractivity contribution in [2.45, 2.75) is 37.5 Å². The van der Waals surface area contributed by atoms with Gasteiger partial charge in [0.1, 0.15) is 7.85 Å². The lowest BCUT2D eigenvalue weighted by molar-refractivity contribution is 0.0336. The molecular formula is C7H17BOSi. The van der Waals surface area contributed by atoms with Crippen LogP contribution in [0.4, 0.5) is 0 Å². The zero-order valence-corrected chi connectivity index (χ0v) is 8.47. The van der Waals surface area contributed by atoms with Gasteiger partial charge < -0.3 is 4.74 Å². The molecule has 0 bridgehead atoms. The van der Waals surface area contributed by atoms with Crippen molar-refractivity contribution in [1.29, 1.82) is 0 Å². The van der Waals surface area contributed by atoms with E-state index in [4.69, 9.17) is 4.74 Å². The molecule has 0 aromatic carbocycles. The third kappa shape index (κ3) is 1.64. The molecule has 1 saturated heterocycles. The van der Waals surface area contributed by atoms with Crippen LogP contribution in [0.5, 0.6) is 0 Å². The highest BCUT2D eigenvalue weighted by Gasteiger charge is 2.31. The number of rotatable bonds is 1. The molecule has 1 rings (SSSR count). The Kier molecular flexibility index (Phi) is 2.58. The molecule has 1 atom stereocenters. The van der Waals surface area contributed by atoms with Crippen LogP contribution in [0.25, 0.3) is 0 Å². The summed E-state index contributed by atoms with van der Waals surface area (Å²) in [4.78, 5) is 0. The van der Waals surface area contributed by atoms with Gasteiger partial charge in [0.2, 0.25) is 0 Å². The normalized spacial score (nSPS) is 34.7. The number of hydrogen-bond donors (Lipinski definition) is 0. The van der Waals surface area contributed by atoms with Crippen molar-refractivity contribution in [1.82, 2.24) is 0 Å². The molecule has 0 aromatic heterocycles. The fraction of sp³-hybridized carbons (Fsp3) is 1.00. The smallest absolute Gasteiger partial charge is 0.138 e. The van der Waals surface area contributed by atoms with Gasteiger partial charge in [0.25, 0.3) is 0 Å². The molecule has 0 spiro atoms.